The molecule has 0 saturated heterocycles. The van der Waals surface area contributed by atoms with Gasteiger partial charge in [0.05, 0.1) is 0 Å². The molecular formula is C4H4F4. The molecule has 0 heterocycles. The van der Waals surface area contributed by atoms with Gasteiger partial charge in [0.1, 0.15) is 0 Å². The van der Waals surface area contributed by atoms with Crippen molar-refractivity contribution in [2.45, 2.75) is 13.1 Å². The van der Waals surface area contributed by atoms with E-state index in [-0.39, 0.29) is 0 Å². The molecule has 0 aromatic rings. The minimum atomic E-state index is -4.80. The Labute approximate surface area is 43.8 Å². The Hall–Kier alpha value is -0.540. The summed E-state index contributed by atoms with van der Waals surface area (Å²) in [7, 11) is 0. The maximum absolute atomic E-state index is 11.4. The average molecular weight is 128 g/mol. The van der Waals surface area contributed by atoms with Gasteiger partial charge in [-0.15, -0.1) is 0 Å². The van der Waals surface area contributed by atoms with Gasteiger partial charge in [-0.25, -0.2) is 4.39 Å². The molecular weight excluding hydrogens is 124 g/mol. The predicted octanol–water partition coefficient (Wildman–Crippen LogP) is 2.42. The zero-order chi connectivity index (χ0) is 6.78. The van der Waals surface area contributed by atoms with E-state index in [0.717, 1.165) is 6.92 Å². The minimum absolute atomic E-state index is 0.375. The van der Waals surface area contributed by atoms with E-state index in [1.807, 2.05) is 0 Å². The lowest BCUT2D eigenvalue weighted by Gasteiger charge is -1.99. The number of hydrogen-bond acceptors (Lipinski definition) is 0. The second kappa shape index (κ2) is 2.15. The topological polar surface area (TPSA) is 0 Å². The van der Waals surface area contributed by atoms with Crippen molar-refractivity contribution < 1.29 is 17.6 Å². The molecule has 0 aliphatic carbocycles. The van der Waals surface area contributed by atoms with Gasteiger partial charge < -0.3 is 0 Å². The van der Waals surface area contributed by atoms with Crippen LogP contribution in [0, 0.1) is 0 Å². The van der Waals surface area contributed by atoms with Crippen molar-refractivity contribution in [1.82, 2.24) is 0 Å². The second-order valence-electron chi connectivity index (χ2n) is 1.13. The molecule has 8 heavy (non-hydrogen) atoms. The number of allylic oxidation sites excluding steroid dienone is 2. The van der Waals surface area contributed by atoms with Crippen LogP contribution in [0.3, 0.4) is 0 Å². The van der Waals surface area contributed by atoms with Crippen LogP contribution < -0.4 is 0 Å². The minimum Gasteiger partial charge on any atom is -0.202 e. The molecule has 0 rings (SSSR count). The third-order valence-electron chi connectivity index (χ3n) is 0.524. The van der Waals surface area contributed by atoms with Gasteiger partial charge in [0, 0.05) is 0 Å². The molecule has 0 saturated carbocycles. The van der Waals surface area contributed by atoms with Gasteiger partial charge >= 0.3 is 6.18 Å². The summed E-state index contributed by atoms with van der Waals surface area (Å²) in [5.41, 5.74) is 0. The van der Waals surface area contributed by atoms with Crippen LogP contribution in [0.5, 0.6) is 0 Å². The molecule has 0 amide bonds. The van der Waals surface area contributed by atoms with Crippen molar-refractivity contribution in [3.63, 3.8) is 0 Å². The number of hydrogen-bond donors (Lipinski definition) is 0. The van der Waals surface area contributed by atoms with Gasteiger partial charge in [0.2, 0.25) is 0 Å². The van der Waals surface area contributed by atoms with Crippen LogP contribution in [0.1, 0.15) is 6.92 Å². The van der Waals surface area contributed by atoms with E-state index in [1.54, 1.807) is 0 Å². The fourth-order valence-corrected chi connectivity index (χ4v) is 0.164. The van der Waals surface area contributed by atoms with E-state index < -0.39 is 12.0 Å². The molecule has 0 spiro atoms. The molecule has 0 nitrogen and oxygen atoms in total. The summed E-state index contributed by atoms with van der Waals surface area (Å²) in [6.45, 7) is 0.989. The van der Waals surface area contributed by atoms with Crippen molar-refractivity contribution in [3.05, 3.63) is 11.9 Å². The maximum Gasteiger partial charge on any atom is 0.442 e. The quantitative estimate of drug-likeness (QED) is 0.439. The monoisotopic (exact) mass is 128 g/mol. The first kappa shape index (κ1) is 7.46. The lowest BCUT2D eigenvalue weighted by Crippen LogP contribution is -2.06. The van der Waals surface area contributed by atoms with Crippen molar-refractivity contribution >= 4 is 0 Å². The van der Waals surface area contributed by atoms with E-state index in [2.05, 4.69) is 0 Å². The molecule has 0 atom stereocenters. The predicted molar refractivity (Wildman–Crippen MR) is 20.9 cm³/mol. The highest BCUT2D eigenvalue weighted by atomic mass is 19.4. The van der Waals surface area contributed by atoms with Crippen molar-refractivity contribution in [2.75, 3.05) is 0 Å². The second-order valence-corrected chi connectivity index (χ2v) is 1.13. The molecule has 0 N–H and O–H groups in total. The first-order valence-electron chi connectivity index (χ1n) is 1.87. The molecule has 0 unspecified atom stereocenters. The third kappa shape index (κ3) is 1.95. The molecule has 4 heteroatoms. The van der Waals surface area contributed by atoms with Crippen molar-refractivity contribution in [2.24, 2.45) is 0 Å². The molecule has 0 fully saturated rings. The molecule has 0 aromatic carbocycles. The van der Waals surface area contributed by atoms with Crippen LogP contribution in [0.2, 0.25) is 0 Å². The molecule has 0 aromatic heterocycles. The molecule has 0 aliphatic rings. The van der Waals surface area contributed by atoms with Crippen LogP contribution in [0.4, 0.5) is 17.6 Å². The van der Waals surface area contributed by atoms with Crippen LogP contribution in [0.25, 0.3) is 0 Å². The fourth-order valence-electron chi connectivity index (χ4n) is 0.164. The zero-order valence-corrected chi connectivity index (χ0v) is 4.09. The van der Waals surface area contributed by atoms with Gasteiger partial charge in [0.25, 0.3) is 0 Å². The van der Waals surface area contributed by atoms with E-state index in [1.165, 1.54) is 0 Å². The first-order chi connectivity index (χ1) is 3.48. The van der Waals surface area contributed by atoms with E-state index in [4.69, 9.17) is 0 Å². The van der Waals surface area contributed by atoms with Crippen molar-refractivity contribution in [1.29, 1.82) is 0 Å². The first-order valence-corrected chi connectivity index (χ1v) is 1.87. The molecule has 48 valence electrons. The molecule has 0 bridgehead atoms. The Morgan fingerprint density at radius 3 is 1.75 bits per heavy atom. The number of rotatable bonds is 0. The maximum atomic E-state index is 11.4. The summed E-state index contributed by atoms with van der Waals surface area (Å²) in [5.74, 6) is -2.04. The van der Waals surface area contributed by atoms with Crippen LogP contribution >= 0.6 is 0 Å². The van der Waals surface area contributed by atoms with Gasteiger partial charge in [0.15, 0.2) is 5.83 Å². The summed E-state index contributed by atoms with van der Waals surface area (Å²) in [4.78, 5) is 0. The normalized spacial score (nSPS) is 14.4. The zero-order valence-electron chi connectivity index (χ0n) is 4.09. The lowest BCUT2D eigenvalue weighted by atomic mass is 10.5. The third-order valence-corrected chi connectivity index (χ3v) is 0.524. The summed E-state index contributed by atoms with van der Waals surface area (Å²) >= 11 is 0. The van der Waals surface area contributed by atoms with Crippen LogP contribution in [-0.4, -0.2) is 6.18 Å². The lowest BCUT2D eigenvalue weighted by molar-refractivity contribution is -0.108. The smallest absolute Gasteiger partial charge is 0.202 e. The SMILES string of the molecule is C/C=C(/F)C(F)(F)F. The van der Waals surface area contributed by atoms with Crippen LogP contribution in [0.15, 0.2) is 11.9 Å². The Morgan fingerprint density at radius 2 is 1.75 bits per heavy atom. The van der Waals surface area contributed by atoms with E-state index in [0.29, 0.717) is 6.08 Å². The Bertz CT molecular complexity index is 99.1. The number of alkyl halides is 3. The Kier molecular flexibility index (Phi) is 2.01. The molecule has 0 radical (unpaired) electrons. The fraction of sp³-hybridized carbons (Fsp3) is 0.500. The summed E-state index contributed by atoms with van der Waals surface area (Å²) in [6, 6.07) is 0. The highest BCUT2D eigenvalue weighted by Crippen LogP contribution is 2.25. The molecule has 0 aliphatic heterocycles. The number of halogens is 4. The van der Waals surface area contributed by atoms with Crippen LogP contribution in [-0.2, 0) is 0 Å². The highest BCUT2D eigenvalue weighted by Gasteiger charge is 2.33. The Morgan fingerprint density at radius 1 is 1.38 bits per heavy atom. The largest absolute Gasteiger partial charge is 0.442 e. The highest BCUT2D eigenvalue weighted by molar-refractivity contribution is 4.95. The van der Waals surface area contributed by atoms with Gasteiger partial charge in [-0.1, -0.05) is 0 Å². The summed E-state index contributed by atoms with van der Waals surface area (Å²) < 4.78 is 44.4. The standard InChI is InChI=1S/C4H4F4/c1-2-3(5)4(6,7)8/h2H,1H3/b3-2+. The summed E-state index contributed by atoms with van der Waals surface area (Å²) in [6.07, 6.45) is -4.42. The van der Waals surface area contributed by atoms with Gasteiger partial charge in [-0.3, -0.25) is 0 Å². The Balaban J connectivity index is 4.03. The van der Waals surface area contributed by atoms with E-state index in [9.17, 15) is 17.6 Å². The van der Waals surface area contributed by atoms with E-state index >= 15 is 0 Å². The summed E-state index contributed by atoms with van der Waals surface area (Å²) in [5, 5.41) is 0. The van der Waals surface area contributed by atoms with Gasteiger partial charge in [-0.05, 0) is 13.0 Å². The van der Waals surface area contributed by atoms with Gasteiger partial charge in [-0.2, -0.15) is 13.2 Å². The van der Waals surface area contributed by atoms with Crippen molar-refractivity contribution in [3.8, 4) is 0 Å². The average Bonchev–Trinajstić information content (AvgIpc) is 1.62.